The highest BCUT2D eigenvalue weighted by molar-refractivity contribution is 6.04. The fraction of sp³-hybridized carbons (Fsp3) is 0.381. The van der Waals surface area contributed by atoms with Crippen molar-refractivity contribution in [1.82, 2.24) is 9.80 Å². The van der Waals surface area contributed by atoms with Gasteiger partial charge < -0.3 is 16.0 Å². The van der Waals surface area contributed by atoms with Gasteiger partial charge in [0.1, 0.15) is 0 Å². The molecule has 1 aliphatic rings. The van der Waals surface area contributed by atoms with E-state index in [1.54, 1.807) is 0 Å². The van der Waals surface area contributed by atoms with E-state index in [4.69, 9.17) is 5.73 Å². The maximum absolute atomic E-state index is 12.3. The zero-order valence-corrected chi connectivity index (χ0v) is 15.4. The number of rotatable bonds is 6. The molecule has 1 aliphatic heterocycles. The summed E-state index contributed by atoms with van der Waals surface area (Å²) in [5, 5.41) is 2.95. The van der Waals surface area contributed by atoms with Crippen LogP contribution in [0.3, 0.4) is 0 Å². The molecular weight excluding hydrogens is 324 g/mol. The first kappa shape index (κ1) is 18.6. The summed E-state index contributed by atoms with van der Waals surface area (Å²) >= 11 is 0. The molecule has 2 aromatic carbocycles. The lowest BCUT2D eigenvalue weighted by Crippen LogP contribution is -2.45. The van der Waals surface area contributed by atoms with E-state index in [9.17, 15) is 4.79 Å². The molecule has 26 heavy (non-hydrogen) atoms. The minimum Gasteiger partial charge on any atom is -0.326 e. The van der Waals surface area contributed by atoms with Crippen molar-refractivity contribution in [3.05, 3.63) is 65.2 Å². The van der Waals surface area contributed by atoms with Gasteiger partial charge in [0.05, 0.1) is 0 Å². The summed E-state index contributed by atoms with van der Waals surface area (Å²) in [6.07, 6.45) is 0. The van der Waals surface area contributed by atoms with Crippen molar-refractivity contribution in [2.45, 2.75) is 20.0 Å². The fourth-order valence-electron chi connectivity index (χ4n) is 3.21. The number of hydrogen-bond donors (Lipinski definition) is 2. The standard InChI is InChI=1S/C21H28N4O/c1-2-24-11-13-25(14-12-24)16-18-5-9-20(10-6-18)23-21(26)19-7-3-17(15-22)4-8-19/h3-10H,2,11-16,22H2,1H3,(H,23,26). The number of anilines is 1. The number of nitrogens with two attached hydrogens (primary N) is 1. The highest BCUT2D eigenvalue weighted by Crippen LogP contribution is 2.14. The Bertz CT molecular complexity index is 704. The van der Waals surface area contributed by atoms with Gasteiger partial charge in [0, 0.05) is 50.5 Å². The summed E-state index contributed by atoms with van der Waals surface area (Å²) in [6, 6.07) is 15.5. The van der Waals surface area contributed by atoms with Crippen molar-refractivity contribution in [3.8, 4) is 0 Å². The third-order valence-electron chi connectivity index (χ3n) is 4.98. The second-order valence-corrected chi connectivity index (χ2v) is 6.76. The summed E-state index contributed by atoms with van der Waals surface area (Å²) < 4.78 is 0. The number of nitrogens with zero attached hydrogens (tertiary/aromatic N) is 2. The van der Waals surface area contributed by atoms with Crippen LogP contribution in [0.1, 0.15) is 28.4 Å². The molecule has 3 rings (SSSR count). The molecule has 5 nitrogen and oxygen atoms in total. The lowest BCUT2D eigenvalue weighted by Gasteiger charge is -2.34. The molecule has 0 saturated carbocycles. The first-order valence-electron chi connectivity index (χ1n) is 9.32. The van der Waals surface area contributed by atoms with E-state index in [1.165, 1.54) is 5.56 Å². The van der Waals surface area contributed by atoms with E-state index >= 15 is 0 Å². The van der Waals surface area contributed by atoms with Crippen molar-refractivity contribution in [3.63, 3.8) is 0 Å². The highest BCUT2D eigenvalue weighted by Gasteiger charge is 2.15. The summed E-state index contributed by atoms with van der Waals surface area (Å²) in [5.74, 6) is -0.1000. The average Bonchev–Trinajstić information content (AvgIpc) is 2.70. The lowest BCUT2D eigenvalue weighted by atomic mass is 10.1. The van der Waals surface area contributed by atoms with E-state index in [1.807, 2.05) is 36.4 Å². The van der Waals surface area contributed by atoms with Gasteiger partial charge in [0.15, 0.2) is 0 Å². The fourth-order valence-corrected chi connectivity index (χ4v) is 3.21. The molecule has 0 radical (unpaired) electrons. The number of likely N-dealkylation sites (N-methyl/N-ethyl adjacent to an activating group) is 1. The molecular formula is C21H28N4O. The maximum Gasteiger partial charge on any atom is 0.255 e. The zero-order chi connectivity index (χ0) is 18.4. The quantitative estimate of drug-likeness (QED) is 0.839. The molecule has 0 atom stereocenters. The minimum absolute atomic E-state index is 0.1000. The Hall–Kier alpha value is -2.21. The van der Waals surface area contributed by atoms with Crippen molar-refractivity contribution < 1.29 is 4.79 Å². The summed E-state index contributed by atoms with van der Waals surface area (Å²) in [6.45, 7) is 9.33. The number of carbonyl (C=O) groups excluding carboxylic acids is 1. The Balaban J connectivity index is 1.53. The van der Waals surface area contributed by atoms with Crippen LogP contribution in [0.25, 0.3) is 0 Å². The van der Waals surface area contributed by atoms with Gasteiger partial charge in [-0.1, -0.05) is 31.2 Å². The van der Waals surface area contributed by atoms with Crippen LogP contribution in [-0.2, 0) is 13.1 Å². The molecule has 1 fully saturated rings. The molecule has 2 aromatic rings. The van der Waals surface area contributed by atoms with Gasteiger partial charge in [0.25, 0.3) is 5.91 Å². The Kier molecular flexibility index (Phi) is 6.39. The van der Waals surface area contributed by atoms with Crippen LogP contribution in [0.5, 0.6) is 0 Å². The normalized spacial score (nSPS) is 15.8. The van der Waals surface area contributed by atoms with E-state index in [-0.39, 0.29) is 5.91 Å². The van der Waals surface area contributed by atoms with Gasteiger partial charge in [-0.15, -0.1) is 0 Å². The highest BCUT2D eigenvalue weighted by atomic mass is 16.1. The van der Waals surface area contributed by atoms with Crippen molar-refractivity contribution in [2.75, 3.05) is 38.0 Å². The Morgan fingerprint density at radius 1 is 0.923 bits per heavy atom. The SMILES string of the molecule is CCN1CCN(Cc2ccc(NC(=O)c3ccc(CN)cc3)cc2)CC1. The van der Waals surface area contributed by atoms with Crippen LogP contribution in [0.2, 0.25) is 0 Å². The molecule has 0 unspecified atom stereocenters. The number of amides is 1. The number of nitrogens with one attached hydrogen (secondary N) is 1. The van der Waals surface area contributed by atoms with E-state index in [0.29, 0.717) is 12.1 Å². The van der Waals surface area contributed by atoms with E-state index in [0.717, 1.165) is 50.5 Å². The third kappa shape index (κ3) is 4.91. The summed E-state index contributed by atoms with van der Waals surface area (Å²) in [4.78, 5) is 17.3. The monoisotopic (exact) mass is 352 g/mol. The van der Waals surface area contributed by atoms with Crippen LogP contribution >= 0.6 is 0 Å². The van der Waals surface area contributed by atoms with E-state index < -0.39 is 0 Å². The van der Waals surface area contributed by atoms with Crippen molar-refractivity contribution in [1.29, 1.82) is 0 Å². The molecule has 3 N–H and O–H groups in total. The van der Waals surface area contributed by atoms with E-state index in [2.05, 4.69) is 34.2 Å². The second kappa shape index (κ2) is 8.94. The molecule has 0 bridgehead atoms. The van der Waals surface area contributed by atoms with Gasteiger partial charge in [-0.05, 0) is 41.9 Å². The lowest BCUT2D eigenvalue weighted by molar-refractivity contribution is 0.102. The predicted molar refractivity (Wildman–Crippen MR) is 106 cm³/mol. The average molecular weight is 352 g/mol. The molecule has 0 aliphatic carbocycles. The largest absolute Gasteiger partial charge is 0.326 e. The first-order valence-corrected chi connectivity index (χ1v) is 9.32. The van der Waals surface area contributed by atoms with Crippen LogP contribution in [-0.4, -0.2) is 48.4 Å². The smallest absolute Gasteiger partial charge is 0.255 e. The number of piperazine rings is 1. The molecule has 1 amide bonds. The molecule has 5 heteroatoms. The Labute approximate surface area is 155 Å². The van der Waals surface area contributed by atoms with Crippen LogP contribution in [0.4, 0.5) is 5.69 Å². The van der Waals surface area contributed by atoms with Gasteiger partial charge >= 0.3 is 0 Å². The second-order valence-electron chi connectivity index (χ2n) is 6.76. The number of benzene rings is 2. The van der Waals surface area contributed by atoms with Gasteiger partial charge in [-0.25, -0.2) is 0 Å². The predicted octanol–water partition coefficient (Wildman–Crippen LogP) is 2.54. The Morgan fingerprint density at radius 2 is 1.50 bits per heavy atom. The first-order chi connectivity index (χ1) is 12.7. The molecule has 0 spiro atoms. The zero-order valence-electron chi connectivity index (χ0n) is 15.4. The van der Waals surface area contributed by atoms with Gasteiger partial charge in [0.2, 0.25) is 0 Å². The van der Waals surface area contributed by atoms with Crippen LogP contribution in [0.15, 0.2) is 48.5 Å². The van der Waals surface area contributed by atoms with Crippen LogP contribution < -0.4 is 11.1 Å². The molecule has 1 heterocycles. The van der Waals surface area contributed by atoms with Gasteiger partial charge in [-0.3, -0.25) is 9.69 Å². The summed E-state index contributed by atoms with van der Waals surface area (Å²) in [5.41, 5.74) is 9.34. The summed E-state index contributed by atoms with van der Waals surface area (Å²) in [7, 11) is 0. The third-order valence-corrected chi connectivity index (χ3v) is 4.98. The topological polar surface area (TPSA) is 61.6 Å². The number of hydrogen-bond acceptors (Lipinski definition) is 4. The number of carbonyl (C=O) groups is 1. The molecule has 0 aromatic heterocycles. The van der Waals surface area contributed by atoms with Gasteiger partial charge in [-0.2, -0.15) is 0 Å². The Morgan fingerprint density at radius 3 is 2.08 bits per heavy atom. The minimum atomic E-state index is -0.1000. The van der Waals surface area contributed by atoms with Crippen LogP contribution in [0, 0.1) is 0 Å². The molecule has 138 valence electrons. The maximum atomic E-state index is 12.3. The van der Waals surface area contributed by atoms with Crippen molar-refractivity contribution in [2.24, 2.45) is 5.73 Å². The molecule has 1 saturated heterocycles. The van der Waals surface area contributed by atoms with Crippen molar-refractivity contribution >= 4 is 11.6 Å².